The molecule has 2 heterocycles. The lowest BCUT2D eigenvalue weighted by Crippen LogP contribution is -2.00. The van der Waals surface area contributed by atoms with E-state index >= 15 is 0 Å². The number of rotatable bonds is 1. The van der Waals surface area contributed by atoms with Crippen LogP contribution in [0.5, 0.6) is 0 Å². The van der Waals surface area contributed by atoms with Crippen LogP contribution in [0.2, 0.25) is 5.02 Å². The highest BCUT2D eigenvalue weighted by Crippen LogP contribution is 2.27. The van der Waals surface area contributed by atoms with Crippen molar-refractivity contribution in [2.75, 3.05) is 6.61 Å². The third-order valence-corrected chi connectivity index (χ3v) is 2.11. The molecule has 0 bridgehead atoms. The van der Waals surface area contributed by atoms with Gasteiger partial charge in [-0.15, -0.1) is 0 Å². The van der Waals surface area contributed by atoms with Crippen molar-refractivity contribution in [2.24, 2.45) is 0 Å². The molecule has 2 rings (SSSR count). The van der Waals surface area contributed by atoms with Crippen LogP contribution in [0.15, 0.2) is 12.3 Å². The Morgan fingerprint density at radius 1 is 1.58 bits per heavy atom. The quantitative estimate of drug-likeness (QED) is 0.670. The molecule has 4 heteroatoms. The first-order chi connectivity index (χ1) is 5.86. The van der Waals surface area contributed by atoms with Gasteiger partial charge in [0.05, 0.1) is 16.9 Å². The van der Waals surface area contributed by atoms with Crippen molar-refractivity contribution in [3.05, 3.63) is 23.0 Å². The fraction of sp³-hybridized carbons (Fsp3) is 0.500. The highest BCUT2D eigenvalue weighted by molar-refractivity contribution is 6.30. The molecule has 1 unspecified atom stereocenters. The van der Waals surface area contributed by atoms with Crippen molar-refractivity contribution >= 4 is 11.6 Å². The zero-order chi connectivity index (χ0) is 8.39. The molecular formula is C8H9ClN2O. The van der Waals surface area contributed by atoms with E-state index in [0.29, 0.717) is 5.02 Å². The van der Waals surface area contributed by atoms with E-state index in [2.05, 4.69) is 10.2 Å². The van der Waals surface area contributed by atoms with Gasteiger partial charge in [-0.25, -0.2) is 0 Å². The fourth-order valence-electron chi connectivity index (χ4n) is 1.33. The van der Waals surface area contributed by atoms with E-state index in [-0.39, 0.29) is 6.10 Å². The first kappa shape index (κ1) is 7.95. The Bertz CT molecular complexity index is 274. The molecule has 1 fully saturated rings. The third-order valence-electron chi connectivity index (χ3n) is 1.90. The van der Waals surface area contributed by atoms with E-state index < -0.39 is 0 Å². The third kappa shape index (κ3) is 1.57. The van der Waals surface area contributed by atoms with Gasteiger partial charge in [-0.2, -0.15) is 10.2 Å². The van der Waals surface area contributed by atoms with E-state index in [0.717, 1.165) is 25.1 Å². The van der Waals surface area contributed by atoms with Crippen molar-refractivity contribution in [2.45, 2.75) is 18.9 Å². The monoisotopic (exact) mass is 184 g/mol. The van der Waals surface area contributed by atoms with Gasteiger partial charge in [0.1, 0.15) is 6.10 Å². The first-order valence-electron chi connectivity index (χ1n) is 3.96. The minimum absolute atomic E-state index is 0.108. The largest absolute Gasteiger partial charge is 0.372 e. The minimum Gasteiger partial charge on any atom is -0.372 e. The van der Waals surface area contributed by atoms with Gasteiger partial charge in [0, 0.05) is 6.61 Å². The molecule has 1 aromatic heterocycles. The highest BCUT2D eigenvalue weighted by atomic mass is 35.5. The highest BCUT2D eigenvalue weighted by Gasteiger charge is 2.19. The van der Waals surface area contributed by atoms with Crippen LogP contribution in [-0.4, -0.2) is 16.8 Å². The average Bonchev–Trinajstić information content (AvgIpc) is 2.56. The van der Waals surface area contributed by atoms with Gasteiger partial charge in [-0.3, -0.25) is 0 Å². The van der Waals surface area contributed by atoms with Crippen molar-refractivity contribution < 1.29 is 4.74 Å². The maximum atomic E-state index is 5.77. The van der Waals surface area contributed by atoms with E-state index in [1.807, 2.05) is 6.07 Å². The van der Waals surface area contributed by atoms with Gasteiger partial charge in [-0.05, 0) is 18.9 Å². The number of nitrogens with zero attached hydrogens (tertiary/aromatic N) is 2. The Labute approximate surface area is 75.7 Å². The van der Waals surface area contributed by atoms with Crippen LogP contribution in [0.25, 0.3) is 0 Å². The molecule has 0 aromatic carbocycles. The summed E-state index contributed by atoms with van der Waals surface area (Å²) in [5, 5.41) is 8.35. The molecule has 64 valence electrons. The summed E-state index contributed by atoms with van der Waals surface area (Å²) >= 11 is 5.77. The molecule has 12 heavy (non-hydrogen) atoms. The normalized spacial score (nSPS) is 22.9. The van der Waals surface area contributed by atoms with E-state index in [1.54, 1.807) is 0 Å². The second kappa shape index (κ2) is 3.37. The summed E-state index contributed by atoms with van der Waals surface area (Å²) in [6.45, 7) is 0.818. The summed E-state index contributed by atoms with van der Waals surface area (Å²) in [5.41, 5.74) is 0.847. The topological polar surface area (TPSA) is 35.0 Å². The van der Waals surface area contributed by atoms with Crippen molar-refractivity contribution in [3.63, 3.8) is 0 Å². The molecule has 3 nitrogen and oxygen atoms in total. The fourth-order valence-corrected chi connectivity index (χ4v) is 1.48. The molecule has 1 aliphatic rings. The summed E-state index contributed by atoms with van der Waals surface area (Å²) in [6.07, 6.45) is 3.75. The van der Waals surface area contributed by atoms with E-state index in [1.165, 1.54) is 6.20 Å². The zero-order valence-electron chi connectivity index (χ0n) is 6.53. The van der Waals surface area contributed by atoms with Crippen molar-refractivity contribution in [3.8, 4) is 0 Å². The average molecular weight is 185 g/mol. The standard InChI is InChI=1S/C8H9ClN2O/c9-6-4-7(11-10-5-6)8-2-1-3-12-8/h4-5,8H,1-3H2. The van der Waals surface area contributed by atoms with Gasteiger partial charge in [0.2, 0.25) is 0 Å². The van der Waals surface area contributed by atoms with Gasteiger partial charge in [-0.1, -0.05) is 11.6 Å². The summed E-state index contributed by atoms with van der Waals surface area (Å²) in [7, 11) is 0. The molecule has 0 radical (unpaired) electrons. The van der Waals surface area contributed by atoms with Crippen LogP contribution in [0.4, 0.5) is 0 Å². The zero-order valence-corrected chi connectivity index (χ0v) is 7.29. The molecule has 1 saturated heterocycles. The maximum absolute atomic E-state index is 5.77. The lowest BCUT2D eigenvalue weighted by Gasteiger charge is -2.06. The molecule has 1 aliphatic heterocycles. The smallest absolute Gasteiger partial charge is 0.101 e. The second-order valence-electron chi connectivity index (χ2n) is 2.80. The van der Waals surface area contributed by atoms with Crippen molar-refractivity contribution in [1.82, 2.24) is 10.2 Å². The van der Waals surface area contributed by atoms with Crippen molar-refractivity contribution in [1.29, 1.82) is 0 Å². The minimum atomic E-state index is 0.108. The Kier molecular flexibility index (Phi) is 2.23. The predicted octanol–water partition coefficient (Wildman–Crippen LogP) is 1.98. The Balaban J connectivity index is 2.21. The summed E-state index contributed by atoms with van der Waals surface area (Å²) in [6, 6.07) is 1.81. The number of hydrogen-bond acceptors (Lipinski definition) is 3. The first-order valence-corrected chi connectivity index (χ1v) is 4.34. The number of hydrogen-bond donors (Lipinski definition) is 0. The molecular weight excluding hydrogens is 176 g/mol. The molecule has 0 saturated carbocycles. The summed E-state index contributed by atoms with van der Waals surface area (Å²) < 4.78 is 5.43. The number of ether oxygens (including phenoxy) is 1. The Morgan fingerprint density at radius 2 is 2.50 bits per heavy atom. The van der Waals surface area contributed by atoms with E-state index in [9.17, 15) is 0 Å². The predicted molar refractivity (Wildman–Crippen MR) is 45.0 cm³/mol. The summed E-state index contributed by atoms with van der Waals surface area (Å²) in [5.74, 6) is 0. The molecule has 0 N–H and O–H groups in total. The van der Waals surface area contributed by atoms with Crippen LogP contribution in [-0.2, 0) is 4.74 Å². The lowest BCUT2D eigenvalue weighted by atomic mass is 10.2. The van der Waals surface area contributed by atoms with Crippen LogP contribution < -0.4 is 0 Å². The van der Waals surface area contributed by atoms with Gasteiger partial charge >= 0.3 is 0 Å². The molecule has 1 atom stereocenters. The number of halogens is 1. The molecule has 0 spiro atoms. The lowest BCUT2D eigenvalue weighted by molar-refractivity contribution is 0.108. The van der Waals surface area contributed by atoms with Crippen LogP contribution in [0.1, 0.15) is 24.6 Å². The Morgan fingerprint density at radius 3 is 3.17 bits per heavy atom. The molecule has 0 amide bonds. The van der Waals surface area contributed by atoms with Crippen LogP contribution in [0.3, 0.4) is 0 Å². The SMILES string of the molecule is Clc1cnnc(C2CCCO2)c1. The number of aromatic nitrogens is 2. The van der Waals surface area contributed by atoms with Gasteiger partial charge < -0.3 is 4.74 Å². The maximum Gasteiger partial charge on any atom is 0.101 e. The molecule has 0 aliphatic carbocycles. The second-order valence-corrected chi connectivity index (χ2v) is 3.24. The van der Waals surface area contributed by atoms with Gasteiger partial charge in [0.25, 0.3) is 0 Å². The van der Waals surface area contributed by atoms with Gasteiger partial charge in [0.15, 0.2) is 0 Å². The van der Waals surface area contributed by atoms with E-state index in [4.69, 9.17) is 16.3 Å². The van der Waals surface area contributed by atoms with Crippen LogP contribution >= 0.6 is 11.6 Å². The molecule has 1 aromatic rings. The summed E-state index contributed by atoms with van der Waals surface area (Å²) in [4.78, 5) is 0. The van der Waals surface area contributed by atoms with Crippen LogP contribution in [0, 0.1) is 0 Å². The Hall–Kier alpha value is -0.670.